The first-order valence-electron chi connectivity index (χ1n) is 7.72. The molecule has 1 N–H and O–H groups in total. The number of nitrogens with zero attached hydrogens (tertiary/aromatic N) is 1. The molecule has 4 nitrogen and oxygen atoms in total. The fourth-order valence-corrected chi connectivity index (χ4v) is 3.08. The van der Waals surface area contributed by atoms with Crippen LogP contribution in [0.4, 0.5) is 0 Å². The lowest BCUT2D eigenvalue weighted by molar-refractivity contribution is -0.152. The molecule has 0 radical (unpaired) electrons. The Balaban J connectivity index is 1.80. The molecular weight excluding hydrogens is 240 g/mol. The molecule has 3 fully saturated rings. The van der Waals surface area contributed by atoms with E-state index in [0.29, 0.717) is 11.8 Å². The van der Waals surface area contributed by atoms with Crippen LogP contribution in [0.2, 0.25) is 0 Å². The van der Waals surface area contributed by atoms with E-state index in [1.807, 2.05) is 4.90 Å². The lowest BCUT2D eigenvalue weighted by Crippen LogP contribution is -2.65. The van der Waals surface area contributed by atoms with Crippen molar-refractivity contribution < 1.29 is 9.59 Å². The zero-order chi connectivity index (χ0) is 13.6. The molecule has 3 aliphatic rings. The Kier molecular flexibility index (Phi) is 3.27. The average Bonchev–Trinajstić information content (AvgIpc) is 3.25. The van der Waals surface area contributed by atoms with Gasteiger partial charge in [-0.15, -0.1) is 0 Å². The molecule has 0 bridgehead atoms. The minimum atomic E-state index is -0.243. The van der Waals surface area contributed by atoms with Gasteiger partial charge in [-0.1, -0.05) is 20.3 Å². The summed E-state index contributed by atoms with van der Waals surface area (Å²) in [5.74, 6) is 1.53. The zero-order valence-electron chi connectivity index (χ0n) is 11.9. The lowest BCUT2D eigenvalue weighted by Gasteiger charge is -2.41. The Morgan fingerprint density at radius 1 is 1.26 bits per heavy atom. The molecule has 3 rings (SSSR count). The highest BCUT2D eigenvalue weighted by atomic mass is 16.2. The van der Waals surface area contributed by atoms with E-state index < -0.39 is 0 Å². The third-order valence-electron chi connectivity index (χ3n) is 4.88. The Morgan fingerprint density at radius 2 is 1.95 bits per heavy atom. The van der Waals surface area contributed by atoms with Gasteiger partial charge in [0.15, 0.2) is 0 Å². The largest absolute Gasteiger partial charge is 0.342 e. The van der Waals surface area contributed by atoms with Crippen molar-refractivity contribution in [1.29, 1.82) is 0 Å². The van der Waals surface area contributed by atoms with Gasteiger partial charge in [0, 0.05) is 6.54 Å². The highest BCUT2D eigenvalue weighted by Gasteiger charge is 2.48. The summed E-state index contributed by atoms with van der Waals surface area (Å²) >= 11 is 0. The summed E-state index contributed by atoms with van der Waals surface area (Å²) < 4.78 is 0. The second kappa shape index (κ2) is 4.80. The van der Waals surface area contributed by atoms with Gasteiger partial charge in [-0.2, -0.15) is 0 Å². The summed E-state index contributed by atoms with van der Waals surface area (Å²) in [7, 11) is 0. The molecular formula is C15H24N2O2. The quantitative estimate of drug-likeness (QED) is 0.819. The van der Waals surface area contributed by atoms with Crippen LogP contribution in [-0.2, 0) is 9.59 Å². The number of amides is 2. The van der Waals surface area contributed by atoms with E-state index in [-0.39, 0.29) is 29.8 Å². The molecule has 1 aliphatic heterocycles. The van der Waals surface area contributed by atoms with Crippen molar-refractivity contribution in [3.8, 4) is 0 Å². The van der Waals surface area contributed by atoms with Gasteiger partial charge in [0.1, 0.15) is 12.1 Å². The SMILES string of the molecule is CCC(C)C1C(=O)NC(C2CC2)C(=O)N1CC1CC1. The van der Waals surface area contributed by atoms with E-state index in [0.717, 1.165) is 25.8 Å². The Labute approximate surface area is 114 Å². The number of hydrogen-bond acceptors (Lipinski definition) is 2. The van der Waals surface area contributed by atoms with Crippen LogP contribution in [0.15, 0.2) is 0 Å². The van der Waals surface area contributed by atoms with Crippen LogP contribution < -0.4 is 5.32 Å². The number of hydrogen-bond donors (Lipinski definition) is 1. The van der Waals surface area contributed by atoms with E-state index >= 15 is 0 Å². The fourth-order valence-electron chi connectivity index (χ4n) is 3.08. The molecule has 4 heteroatoms. The molecule has 19 heavy (non-hydrogen) atoms. The maximum absolute atomic E-state index is 12.7. The Morgan fingerprint density at radius 3 is 2.47 bits per heavy atom. The Hall–Kier alpha value is -1.06. The predicted molar refractivity (Wildman–Crippen MR) is 72.3 cm³/mol. The topological polar surface area (TPSA) is 49.4 Å². The van der Waals surface area contributed by atoms with E-state index in [1.165, 1.54) is 12.8 Å². The van der Waals surface area contributed by atoms with Crippen molar-refractivity contribution in [3.63, 3.8) is 0 Å². The maximum atomic E-state index is 12.7. The highest BCUT2D eigenvalue weighted by molar-refractivity contribution is 5.97. The van der Waals surface area contributed by atoms with Crippen molar-refractivity contribution in [2.24, 2.45) is 17.8 Å². The predicted octanol–water partition coefficient (Wildman–Crippen LogP) is 1.55. The lowest BCUT2D eigenvalue weighted by atomic mass is 9.92. The number of nitrogens with one attached hydrogen (secondary N) is 1. The molecule has 0 aromatic rings. The highest BCUT2D eigenvalue weighted by Crippen LogP contribution is 2.38. The van der Waals surface area contributed by atoms with Crippen LogP contribution in [0.1, 0.15) is 46.0 Å². The minimum Gasteiger partial charge on any atom is -0.342 e. The third-order valence-corrected chi connectivity index (χ3v) is 4.88. The van der Waals surface area contributed by atoms with Crippen LogP contribution in [-0.4, -0.2) is 35.3 Å². The van der Waals surface area contributed by atoms with Crippen molar-refractivity contribution in [2.45, 2.75) is 58.0 Å². The van der Waals surface area contributed by atoms with Gasteiger partial charge in [0.05, 0.1) is 0 Å². The van der Waals surface area contributed by atoms with Gasteiger partial charge < -0.3 is 10.2 Å². The number of rotatable bonds is 5. The van der Waals surface area contributed by atoms with Crippen molar-refractivity contribution >= 4 is 11.8 Å². The maximum Gasteiger partial charge on any atom is 0.246 e. The molecule has 2 amide bonds. The summed E-state index contributed by atoms with van der Waals surface area (Å²) in [5, 5.41) is 2.99. The number of piperazine rings is 1. The van der Waals surface area contributed by atoms with Crippen LogP contribution in [0, 0.1) is 17.8 Å². The van der Waals surface area contributed by atoms with Crippen molar-refractivity contribution in [3.05, 3.63) is 0 Å². The zero-order valence-corrected chi connectivity index (χ0v) is 11.9. The molecule has 3 unspecified atom stereocenters. The average molecular weight is 264 g/mol. The fraction of sp³-hybridized carbons (Fsp3) is 0.867. The van der Waals surface area contributed by atoms with Gasteiger partial charge in [0.25, 0.3) is 0 Å². The second-order valence-electron chi connectivity index (χ2n) is 6.59. The van der Waals surface area contributed by atoms with Gasteiger partial charge in [0.2, 0.25) is 11.8 Å². The summed E-state index contributed by atoms with van der Waals surface area (Å²) in [6.45, 7) is 4.96. The Bertz CT molecular complexity index is 388. The standard InChI is InChI=1S/C15H24N2O2/c1-3-9(2)13-14(18)16-12(11-6-7-11)15(19)17(13)8-10-4-5-10/h9-13H,3-8H2,1-2H3,(H,16,18). The first kappa shape index (κ1) is 12.9. The van der Waals surface area contributed by atoms with Gasteiger partial charge >= 0.3 is 0 Å². The van der Waals surface area contributed by atoms with Crippen LogP contribution >= 0.6 is 0 Å². The normalized spacial score (nSPS) is 33.3. The van der Waals surface area contributed by atoms with E-state index in [9.17, 15) is 9.59 Å². The van der Waals surface area contributed by atoms with Crippen molar-refractivity contribution in [1.82, 2.24) is 10.2 Å². The monoisotopic (exact) mass is 264 g/mol. The third kappa shape index (κ3) is 2.49. The van der Waals surface area contributed by atoms with E-state index in [2.05, 4.69) is 19.2 Å². The van der Waals surface area contributed by atoms with Crippen molar-refractivity contribution in [2.75, 3.05) is 6.54 Å². The molecule has 1 heterocycles. The minimum absolute atomic E-state index is 0.0755. The summed E-state index contributed by atoms with van der Waals surface area (Å²) in [6, 6.07) is -0.473. The van der Waals surface area contributed by atoms with E-state index in [4.69, 9.17) is 0 Å². The van der Waals surface area contributed by atoms with Gasteiger partial charge in [-0.05, 0) is 43.4 Å². The van der Waals surface area contributed by atoms with Gasteiger partial charge in [-0.25, -0.2) is 0 Å². The van der Waals surface area contributed by atoms with Crippen LogP contribution in [0.25, 0.3) is 0 Å². The first-order chi connectivity index (χ1) is 9.11. The molecule has 0 spiro atoms. The molecule has 2 saturated carbocycles. The number of carbonyl (C=O) groups is 2. The van der Waals surface area contributed by atoms with Gasteiger partial charge in [-0.3, -0.25) is 9.59 Å². The smallest absolute Gasteiger partial charge is 0.246 e. The van der Waals surface area contributed by atoms with Crippen LogP contribution in [0.3, 0.4) is 0 Å². The number of carbonyl (C=O) groups excluding carboxylic acids is 2. The summed E-state index contributed by atoms with van der Waals surface area (Å²) in [4.78, 5) is 27.0. The van der Waals surface area contributed by atoms with E-state index in [1.54, 1.807) is 0 Å². The molecule has 0 aromatic carbocycles. The summed E-state index contributed by atoms with van der Waals surface area (Å²) in [6.07, 6.45) is 5.53. The molecule has 2 aliphatic carbocycles. The van der Waals surface area contributed by atoms with Crippen LogP contribution in [0.5, 0.6) is 0 Å². The molecule has 106 valence electrons. The molecule has 0 aromatic heterocycles. The molecule has 1 saturated heterocycles. The second-order valence-corrected chi connectivity index (χ2v) is 6.59. The molecule has 3 atom stereocenters. The first-order valence-corrected chi connectivity index (χ1v) is 7.72. The summed E-state index contributed by atoms with van der Waals surface area (Å²) in [5.41, 5.74) is 0.